The van der Waals surface area contributed by atoms with E-state index in [4.69, 9.17) is 0 Å². The molecule has 4 nitrogen and oxygen atoms in total. The predicted octanol–water partition coefficient (Wildman–Crippen LogP) is 0.748. The van der Waals surface area contributed by atoms with Gasteiger partial charge in [-0.2, -0.15) is 0 Å². The summed E-state index contributed by atoms with van der Waals surface area (Å²) < 4.78 is 0. The lowest BCUT2D eigenvalue weighted by atomic mass is 10.5. The van der Waals surface area contributed by atoms with Gasteiger partial charge in [-0.1, -0.05) is 0 Å². The fraction of sp³-hybridized carbons (Fsp3) is 0.500. The van der Waals surface area contributed by atoms with Gasteiger partial charge in [-0.25, -0.2) is 14.8 Å². The zero-order valence-corrected chi connectivity index (χ0v) is 5.62. The molecule has 2 rings (SSSR count). The molecule has 0 unspecified atom stereocenters. The van der Waals surface area contributed by atoms with Crippen LogP contribution in [0.15, 0.2) is 18.7 Å². The summed E-state index contributed by atoms with van der Waals surface area (Å²) in [5.74, 6) is 0. The SMILES string of the molecule is C1COOC1.c1c[nH]cn1. The molecule has 2 heterocycles. The van der Waals surface area contributed by atoms with Crippen LogP contribution >= 0.6 is 0 Å². The number of rotatable bonds is 0. The van der Waals surface area contributed by atoms with Gasteiger partial charge in [0, 0.05) is 18.8 Å². The van der Waals surface area contributed by atoms with Crippen LogP contribution in [0.5, 0.6) is 0 Å². The first kappa shape index (κ1) is 7.24. The third-order valence-corrected chi connectivity index (χ3v) is 0.945. The van der Waals surface area contributed by atoms with E-state index in [0.717, 1.165) is 19.6 Å². The van der Waals surface area contributed by atoms with Crippen LogP contribution in [0.4, 0.5) is 0 Å². The second kappa shape index (κ2) is 4.96. The van der Waals surface area contributed by atoms with Crippen molar-refractivity contribution in [2.75, 3.05) is 13.2 Å². The molecule has 1 aliphatic heterocycles. The average Bonchev–Trinajstić information content (AvgIpc) is 2.67. The second-order valence-corrected chi connectivity index (χ2v) is 1.76. The van der Waals surface area contributed by atoms with E-state index in [0.29, 0.717) is 0 Å². The Morgan fingerprint density at radius 3 is 2.30 bits per heavy atom. The van der Waals surface area contributed by atoms with Crippen LogP contribution in [-0.4, -0.2) is 23.2 Å². The van der Waals surface area contributed by atoms with Gasteiger partial charge >= 0.3 is 0 Å². The summed E-state index contributed by atoms with van der Waals surface area (Å²) in [7, 11) is 0. The molecule has 0 radical (unpaired) electrons. The van der Waals surface area contributed by atoms with Crippen LogP contribution < -0.4 is 0 Å². The number of H-pyrrole nitrogens is 1. The molecule has 10 heavy (non-hydrogen) atoms. The highest BCUT2D eigenvalue weighted by molar-refractivity contribution is 4.64. The summed E-state index contributed by atoms with van der Waals surface area (Å²) in [5.41, 5.74) is 0. The van der Waals surface area contributed by atoms with Crippen molar-refractivity contribution < 1.29 is 9.78 Å². The molecule has 4 heteroatoms. The standard InChI is InChI=1S/C3H4N2.C3H6O2/c1-2-5-3-4-1;1-2-4-5-3-1/h1-3H,(H,4,5);1-3H2. The van der Waals surface area contributed by atoms with E-state index in [1.807, 2.05) is 0 Å². The number of hydrogen-bond donors (Lipinski definition) is 1. The molecule has 1 saturated heterocycles. The first-order valence-electron chi connectivity index (χ1n) is 3.17. The van der Waals surface area contributed by atoms with Crippen molar-refractivity contribution in [3.63, 3.8) is 0 Å². The van der Waals surface area contributed by atoms with Crippen molar-refractivity contribution in [1.29, 1.82) is 0 Å². The Balaban J connectivity index is 0.0000001000. The molecule has 56 valence electrons. The Bertz CT molecular complexity index is 113. The monoisotopic (exact) mass is 142 g/mol. The minimum absolute atomic E-state index is 0.778. The maximum Gasteiger partial charge on any atom is 0.0919 e. The summed E-state index contributed by atoms with van der Waals surface area (Å²) >= 11 is 0. The van der Waals surface area contributed by atoms with Crippen molar-refractivity contribution in [3.05, 3.63) is 18.7 Å². The van der Waals surface area contributed by atoms with Crippen LogP contribution in [-0.2, 0) is 9.78 Å². The minimum atomic E-state index is 0.778. The quantitative estimate of drug-likeness (QED) is 0.544. The van der Waals surface area contributed by atoms with Crippen LogP contribution in [0.1, 0.15) is 6.42 Å². The van der Waals surface area contributed by atoms with E-state index in [2.05, 4.69) is 19.7 Å². The largest absolute Gasteiger partial charge is 0.351 e. The number of imidazole rings is 1. The van der Waals surface area contributed by atoms with E-state index in [-0.39, 0.29) is 0 Å². The van der Waals surface area contributed by atoms with Gasteiger partial charge in [-0.3, -0.25) is 0 Å². The maximum absolute atomic E-state index is 4.44. The van der Waals surface area contributed by atoms with E-state index >= 15 is 0 Å². The molecule has 0 bridgehead atoms. The highest BCUT2D eigenvalue weighted by Crippen LogP contribution is 1.93. The van der Waals surface area contributed by atoms with Crippen LogP contribution in [0, 0.1) is 0 Å². The van der Waals surface area contributed by atoms with E-state index in [1.165, 1.54) is 0 Å². The smallest absolute Gasteiger partial charge is 0.0919 e. The fourth-order valence-electron chi connectivity index (χ4n) is 0.510. The Morgan fingerprint density at radius 2 is 2.10 bits per heavy atom. The number of hydrogen-bond acceptors (Lipinski definition) is 3. The van der Waals surface area contributed by atoms with Crippen LogP contribution in [0.25, 0.3) is 0 Å². The number of nitrogens with one attached hydrogen (secondary N) is 1. The Morgan fingerprint density at radius 1 is 1.30 bits per heavy atom. The van der Waals surface area contributed by atoms with Gasteiger partial charge in [-0.05, 0) is 0 Å². The van der Waals surface area contributed by atoms with Crippen LogP contribution in [0.3, 0.4) is 0 Å². The first-order valence-corrected chi connectivity index (χ1v) is 3.17. The molecule has 1 aliphatic rings. The van der Waals surface area contributed by atoms with Crippen molar-refractivity contribution in [3.8, 4) is 0 Å². The van der Waals surface area contributed by atoms with E-state index in [9.17, 15) is 0 Å². The Kier molecular flexibility index (Phi) is 3.59. The van der Waals surface area contributed by atoms with Crippen molar-refractivity contribution >= 4 is 0 Å². The summed E-state index contributed by atoms with van der Waals surface area (Å²) in [6.07, 6.45) is 6.14. The lowest BCUT2D eigenvalue weighted by molar-refractivity contribution is -0.248. The third-order valence-electron chi connectivity index (χ3n) is 0.945. The lowest BCUT2D eigenvalue weighted by Crippen LogP contribution is -1.72. The van der Waals surface area contributed by atoms with Gasteiger partial charge in [0.1, 0.15) is 0 Å². The van der Waals surface area contributed by atoms with Crippen molar-refractivity contribution in [2.45, 2.75) is 6.42 Å². The number of aromatic amines is 1. The first-order chi connectivity index (χ1) is 5.00. The van der Waals surface area contributed by atoms with E-state index < -0.39 is 0 Å². The summed E-state index contributed by atoms with van der Waals surface area (Å²) in [5, 5.41) is 0. The van der Waals surface area contributed by atoms with Crippen LogP contribution in [0.2, 0.25) is 0 Å². The van der Waals surface area contributed by atoms with Gasteiger partial charge in [0.15, 0.2) is 0 Å². The molecule has 0 spiro atoms. The zero-order chi connectivity index (χ0) is 7.07. The summed E-state index contributed by atoms with van der Waals surface area (Å²) in [6, 6.07) is 0. The maximum atomic E-state index is 4.44. The van der Waals surface area contributed by atoms with Gasteiger partial charge < -0.3 is 4.98 Å². The zero-order valence-electron chi connectivity index (χ0n) is 5.62. The fourth-order valence-corrected chi connectivity index (χ4v) is 0.510. The molecular formula is C6H10N2O2. The molecular weight excluding hydrogens is 132 g/mol. The molecule has 0 aromatic carbocycles. The van der Waals surface area contributed by atoms with Gasteiger partial charge in [0.25, 0.3) is 0 Å². The number of aromatic nitrogens is 2. The molecule has 1 fully saturated rings. The molecule has 0 aliphatic carbocycles. The molecule has 0 atom stereocenters. The van der Waals surface area contributed by atoms with Gasteiger partial charge in [0.05, 0.1) is 19.5 Å². The Hall–Kier alpha value is -0.870. The lowest BCUT2D eigenvalue weighted by Gasteiger charge is -1.77. The molecule has 1 N–H and O–H groups in total. The van der Waals surface area contributed by atoms with Gasteiger partial charge in [-0.15, -0.1) is 0 Å². The van der Waals surface area contributed by atoms with Gasteiger partial charge in [0.2, 0.25) is 0 Å². The highest BCUT2D eigenvalue weighted by atomic mass is 17.2. The van der Waals surface area contributed by atoms with E-state index in [1.54, 1.807) is 18.7 Å². The highest BCUT2D eigenvalue weighted by Gasteiger charge is 1.95. The second-order valence-electron chi connectivity index (χ2n) is 1.76. The molecule has 0 saturated carbocycles. The predicted molar refractivity (Wildman–Crippen MR) is 35.1 cm³/mol. The molecule has 1 aromatic heterocycles. The third kappa shape index (κ3) is 3.21. The average molecular weight is 142 g/mol. The number of nitrogens with zero attached hydrogens (tertiary/aromatic N) is 1. The van der Waals surface area contributed by atoms with Crippen molar-refractivity contribution in [2.24, 2.45) is 0 Å². The minimum Gasteiger partial charge on any atom is -0.351 e. The molecule has 1 aromatic rings. The van der Waals surface area contributed by atoms with Crippen molar-refractivity contribution in [1.82, 2.24) is 9.97 Å². The summed E-state index contributed by atoms with van der Waals surface area (Å²) in [6.45, 7) is 1.56. The normalized spacial score (nSPS) is 16.0. The summed E-state index contributed by atoms with van der Waals surface area (Å²) in [4.78, 5) is 15.3. The molecule has 0 amide bonds. The Labute approximate surface area is 59.1 Å². The topological polar surface area (TPSA) is 47.1 Å².